The molecule has 1 aromatic heterocycles. The van der Waals surface area contributed by atoms with Gasteiger partial charge in [0.2, 0.25) is 15.0 Å². The summed E-state index contributed by atoms with van der Waals surface area (Å²) in [7, 11) is -3.51. The summed E-state index contributed by atoms with van der Waals surface area (Å²) in [6.45, 7) is 0. The maximum absolute atomic E-state index is 12.0. The third-order valence-corrected chi connectivity index (χ3v) is 2.11. The summed E-state index contributed by atoms with van der Waals surface area (Å²) in [4.78, 5) is 6.58. The lowest BCUT2D eigenvalue weighted by Crippen LogP contribution is -2.04. The van der Waals surface area contributed by atoms with Gasteiger partial charge in [-0.25, -0.2) is 27.2 Å². The zero-order valence-electron chi connectivity index (χ0n) is 6.61. The Morgan fingerprint density at radius 2 is 1.77 bits per heavy atom. The van der Waals surface area contributed by atoms with Crippen LogP contribution in [0.1, 0.15) is 12.0 Å². The van der Waals surface area contributed by atoms with E-state index in [1.54, 1.807) is 0 Å². The standard InChI is InChI=1S/C6H6F2N2O2S/c1-13(11,12)6-9-2-4(3-10-6)5(7)8/h2-3,5H,1H3. The first kappa shape index (κ1) is 9.97. The van der Waals surface area contributed by atoms with Crippen LogP contribution in [0.4, 0.5) is 8.78 Å². The molecule has 0 bridgehead atoms. The minimum Gasteiger partial charge on any atom is -0.226 e. The average molecular weight is 208 g/mol. The van der Waals surface area contributed by atoms with Crippen LogP contribution in [-0.2, 0) is 9.84 Å². The Hall–Kier alpha value is -1.11. The minimum absolute atomic E-state index is 0.396. The molecule has 0 aliphatic heterocycles. The van der Waals surface area contributed by atoms with Crippen molar-refractivity contribution in [3.8, 4) is 0 Å². The number of halogens is 2. The van der Waals surface area contributed by atoms with Crippen molar-refractivity contribution in [2.24, 2.45) is 0 Å². The molecule has 0 radical (unpaired) electrons. The smallest absolute Gasteiger partial charge is 0.226 e. The fourth-order valence-electron chi connectivity index (χ4n) is 0.630. The molecule has 1 heterocycles. The second-order valence-corrected chi connectivity index (χ2v) is 4.28. The van der Waals surface area contributed by atoms with Crippen molar-refractivity contribution in [3.05, 3.63) is 18.0 Å². The van der Waals surface area contributed by atoms with E-state index in [4.69, 9.17) is 0 Å². The molecule has 0 atom stereocenters. The van der Waals surface area contributed by atoms with Crippen molar-refractivity contribution in [2.75, 3.05) is 6.26 Å². The molecule has 13 heavy (non-hydrogen) atoms. The maximum Gasteiger partial charge on any atom is 0.266 e. The van der Waals surface area contributed by atoms with Gasteiger partial charge in [0.05, 0.1) is 5.56 Å². The first-order chi connectivity index (χ1) is 5.91. The third kappa shape index (κ3) is 2.41. The van der Waals surface area contributed by atoms with Gasteiger partial charge in [-0.05, 0) is 0 Å². The van der Waals surface area contributed by atoms with Crippen LogP contribution in [0, 0.1) is 0 Å². The summed E-state index contributed by atoms with van der Waals surface area (Å²) in [6.07, 6.45) is -0.180. The van der Waals surface area contributed by atoms with Gasteiger partial charge in [0, 0.05) is 18.6 Å². The Balaban J connectivity index is 3.08. The predicted octanol–water partition coefficient (Wildman–Crippen LogP) is 0.818. The maximum atomic E-state index is 12.0. The molecule has 0 fully saturated rings. The first-order valence-corrected chi connectivity index (χ1v) is 5.10. The van der Waals surface area contributed by atoms with Crippen LogP contribution in [-0.4, -0.2) is 24.6 Å². The molecule has 0 N–H and O–H groups in total. The highest BCUT2D eigenvalue weighted by atomic mass is 32.2. The summed E-state index contributed by atoms with van der Waals surface area (Å²) in [6, 6.07) is 0. The monoisotopic (exact) mass is 208 g/mol. The molecule has 0 amide bonds. The number of nitrogens with zero attached hydrogens (tertiary/aromatic N) is 2. The summed E-state index contributed by atoms with van der Waals surface area (Å²) in [5.74, 6) is 0. The van der Waals surface area contributed by atoms with Gasteiger partial charge in [-0.2, -0.15) is 0 Å². The van der Waals surface area contributed by atoms with E-state index in [-0.39, 0.29) is 0 Å². The lowest BCUT2D eigenvalue weighted by Gasteiger charge is -1.98. The van der Waals surface area contributed by atoms with Crippen molar-refractivity contribution >= 4 is 9.84 Å². The van der Waals surface area contributed by atoms with E-state index in [0.717, 1.165) is 18.6 Å². The summed E-state index contributed by atoms with van der Waals surface area (Å²) in [5, 5.41) is -0.447. The molecule has 4 nitrogen and oxygen atoms in total. The van der Waals surface area contributed by atoms with E-state index in [0.29, 0.717) is 0 Å². The Bertz CT molecular complexity index is 388. The molecule has 1 aromatic rings. The van der Waals surface area contributed by atoms with E-state index in [1.807, 2.05) is 0 Å². The molecule has 0 aliphatic carbocycles. The van der Waals surface area contributed by atoms with Crippen LogP contribution >= 0.6 is 0 Å². The number of rotatable bonds is 2. The molecule has 0 aliphatic rings. The fourth-order valence-corrected chi connectivity index (χ4v) is 1.12. The van der Waals surface area contributed by atoms with Gasteiger partial charge in [0.1, 0.15) is 0 Å². The quantitative estimate of drug-likeness (QED) is 0.675. The number of hydrogen-bond acceptors (Lipinski definition) is 4. The Labute approximate surface area is 73.6 Å². The summed E-state index contributed by atoms with van der Waals surface area (Å²) in [5.41, 5.74) is -0.396. The van der Waals surface area contributed by atoms with Gasteiger partial charge >= 0.3 is 0 Å². The highest BCUT2D eigenvalue weighted by Gasteiger charge is 2.13. The van der Waals surface area contributed by atoms with E-state index in [1.165, 1.54) is 0 Å². The zero-order valence-corrected chi connectivity index (χ0v) is 7.42. The Morgan fingerprint density at radius 3 is 2.08 bits per heavy atom. The molecule has 0 aromatic carbocycles. The zero-order chi connectivity index (χ0) is 10.1. The molecular weight excluding hydrogens is 202 g/mol. The van der Waals surface area contributed by atoms with Crippen LogP contribution in [0.2, 0.25) is 0 Å². The lowest BCUT2D eigenvalue weighted by molar-refractivity contribution is 0.150. The molecule has 0 unspecified atom stereocenters. The number of hydrogen-bond donors (Lipinski definition) is 0. The van der Waals surface area contributed by atoms with E-state index < -0.39 is 27.0 Å². The van der Waals surface area contributed by atoms with Crippen molar-refractivity contribution in [1.82, 2.24) is 9.97 Å². The van der Waals surface area contributed by atoms with Crippen LogP contribution < -0.4 is 0 Å². The van der Waals surface area contributed by atoms with Crippen LogP contribution in [0.15, 0.2) is 17.6 Å². The lowest BCUT2D eigenvalue weighted by atomic mass is 10.4. The molecular formula is C6H6F2N2O2S. The summed E-state index contributed by atoms with van der Waals surface area (Å²) >= 11 is 0. The first-order valence-electron chi connectivity index (χ1n) is 3.21. The second-order valence-electron chi connectivity index (χ2n) is 2.37. The number of sulfone groups is 1. The van der Waals surface area contributed by atoms with Crippen molar-refractivity contribution in [2.45, 2.75) is 11.6 Å². The van der Waals surface area contributed by atoms with E-state index >= 15 is 0 Å². The van der Waals surface area contributed by atoms with Crippen molar-refractivity contribution in [1.29, 1.82) is 0 Å². The Kier molecular flexibility index (Phi) is 2.55. The largest absolute Gasteiger partial charge is 0.266 e. The molecule has 0 saturated carbocycles. The number of aromatic nitrogens is 2. The van der Waals surface area contributed by atoms with Gasteiger partial charge in [0.15, 0.2) is 0 Å². The predicted molar refractivity (Wildman–Crippen MR) is 40.1 cm³/mol. The van der Waals surface area contributed by atoms with Crippen molar-refractivity contribution < 1.29 is 17.2 Å². The van der Waals surface area contributed by atoms with Crippen LogP contribution in [0.25, 0.3) is 0 Å². The molecule has 1 rings (SSSR count). The molecule has 7 heteroatoms. The number of alkyl halides is 2. The van der Waals surface area contributed by atoms with E-state index in [9.17, 15) is 17.2 Å². The van der Waals surface area contributed by atoms with Gasteiger partial charge in [-0.15, -0.1) is 0 Å². The third-order valence-electron chi connectivity index (χ3n) is 1.23. The summed E-state index contributed by atoms with van der Waals surface area (Å²) < 4.78 is 45.5. The SMILES string of the molecule is CS(=O)(=O)c1ncc(C(F)F)cn1. The molecule has 72 valence electrons. The highest BCUT2D eigenvalue weighted by molar-refractivity contribution is 7.90. The van der Waals surface area contributed by atoms with Crippen LogP contribution in [0.5, 0.6) is 0 Å². The van der Waals surface area contributed by atoms with Crippen LogP contribution in [0.3, 0.4) is 0 Å². The van der Waals surface area contributed by atoms with Gasteiger partial charge in [-0.1, -0.05) is 0 Å². The fraction of sp³-hybridized carbons (Fsp3) is 0.333. The van der Waals surface area contributed by atoms with Gasteiger partial charge < -0.3 is 0 Å². The average Bonchev–Trinajstić information content (AvgIpc) is 2.03. The van der Waals surface area contributed by atoms with Crippen molar-refractivity contribution in [3.63, 3.8) is 0 Å². The second kappa shape index (κ2) is 3.33. The topological polar surface area (TPSA) is 59.9 Å². The molecule has 0 saturated heterocycles. The van der Waals surface area contributed by atoms with E-state index in [2.05, 4.69) is 9.97 Å². The van der Waals surface area contributed by atoms with Gasteiger partial charge in [-0.3, -0.25) is 0 Å². The normalized spacial score (nSPS) is 12.0. The highest BCUT2D eigenvalue weighted by Crippen LogP contribution is 2.16. The Morgan fingerprint density at radius 1 is 1.31 bits per heavy atom. The van der Waals surface area contributed by atoms with Gasteiger partial charge in [0.25, 0.3) is 6.43 Å². The molecule has 0 spiro atoms. The minimum atomic E-state index is -3.51.